The lowest BCUT2D eigenvalue weighted by Gasteiger charge is -2.40. The first-order chi connectivity index (χ1) is 18.5. The number of aromatic nitrogens is 2. The molecule has 3 aliphatic rings. The van der Waals surface area contributed by atoms with E-state index in [9.17, 15) is 14.4 Å². The molecule has 1 aromatic heterocycles. The summed E-state index contributed by atoms with van der Waals surface area (Å²) in [6.45, 7) is 10.4. The number of morpholine rings is 1. The monoisotopic (exact) mass is 526 g/mol. The summed E-state index contributed by atoms with van der Waals surface area (Å²) in [7, 11) is 0. The largest absolute Gasteiger partial charge is 0.382 e. The third kappa shape index (κ3) is 6.06. The van der Waals surface area contributed by atoms with Crippen LogP contribution in [0.2, 0.25) is 0 Å². The van der Waals surface area contributed by atoms with Gasteiger partial charge in [0.2, 0.25) is 11.8 Å². The van der Waals surface area contributed by atoms with E-state index in [-0.39, 0.29) is 24.3 Å². The standard InChI is InChI=1S/C27H38N6O5/c1-19-29-22-4-2-3-21(25(22)27(36)33(19)23-5-6-24(34)30-26(23)35)28-9-15-37-16-12-31-10-7-20(8-11-31)32-13-17-38-18-14-32/h2-4,20,23,28H,5-18H2,1H3,(H,30,34,35). The number of carbonyl (C=O) groups excluding carboxylic acids is 2. The molecule has 11 nitrogen and oxygen atoms in total. The average molecular weight is 527 g/mol. The van der Waals surface area contributed by atoms with Gasteiger partial charge in [-0.15, -0.1) is 0 Å². The minimum atomic E-state index is -0.743. The summed E-state index contributed by atoms with van der Waals surface area (Å²) in [6, 6.07) is 5.43. The van der Waals surface area contributed by atoms with E-state index >= 15 is 0 Å². The van der Waals surface area contributed by atoms with E-state index in [0.29, 0.717) is 48.2 Å². The predicted octanol–water partition coefficient (Wildman–Crippen LogP) is 0.908. The highest BCUT2D eigenvalue weighted by atomic mass is 16.5. The lowest BCUT2D eigenvalue weighted by molar-refractivity contribution is -0.135. The summed E-state index contributed by atoms with van der Waals surface area (Å²) in [4.78, 5) is 47.2. The van der Waals surface area contributed by atoms with Gasteiger partial charge in [0.05, 0.1) is 37.3 Å². The maximum absolute atomic E-state index is 13.5. The van der Waals surface area contributed by atoms with Gasteiger partial charge in [0, 0.05) is 44.3 Å². The van der Waals surface area contributed by atoms with Gasteiger partial charge in [-0.05, 0) is 51.4 Å². The number of hydrogen-bond acceptors (Lipinski definition) is 9. The fourth-order valence-corrected chi connectivity index (χ4v) is 5.80. The number of anilines is 1. The van der Waals surface area contributed by atoms with E-state index in [0.717, 1.165) is 45.9 Å². The van der Waals surface area contributed by atoms with Crippen LogP contribution in [0, 0.1) is 6.92 Å². The van der Waals surface area contributed by atoms with Crippen molar-refractivity contribution in [1.29, 1.82) is 0 Å². The fourth-order valence-electron chi connectivity index (χ4n) is 5.80. The van der Waals surface area contributed by atoms with Crippen molar-refractivity contribution in [2.45, 2.75) is 44.7 Å². The number of amides is 2. The first kappa shape index (κ1) is 26.7. The molecule has 0 aliphatic carbocycles. The van der Waals surface area contributed by atoms with Gasteiger partial charge in [0.1, 0.15) is 11.9 Å². The Morgan fingerprint density at radius 3 is 2.63 bits per heavy atom. The number of carbonyl (C=O) groups is 2. The molecule has 4 heterocycles. The molecule has 3 aliphatic heterocycles. The second kappa shape index (κ2) is 12.3. The molecule has 2 N–H and O–H groups in total. The summed E-state index contributed by atoms with van der Waals surface area (Å²) >= 11 is 0. The maximum atomic E-state index is 13.5. The van der Waals surface area contributed by atoms with Gasteiger partial charge >= 0.3 is 0 Å². The van der Waals surface area contributed by atoms with Crippen LogP contribution >= 0.6 is 0 Å². The summed E-state index contributed by atoms with van der Waals surface area (Å²) in [5.41, 5.74) is 0.948. The number of piperidine rings is 2. The van der Waals surface area contributed by atoms with Crippen LogP contribution in [-0.4, -0.2) is 103 Å². The number of nitrogens with one attached hydrogen (secondary N) is 2. The third-order valence-electron chi connectivity index (χ3n) is 7.86. The van der Waals surface area contributed by atoms with Crippen molar-refractivity contribution in [3.8, 4) is 0 Å². The molecule has 0 spiro atoms. The minimum Gasteiger partial charge on any atom is -0.382 e. The Hall–Kier alpha value is -2.86. The third-order valence-corrected chi connectivity index (χ3v) is 7.86. The Balaban J connectivity index is 1.11. The second-order valence-corrected chi connectivity index (χ2v) is 10.3. The normalized spacial score (nSPS) is 22.1. The van der Waals surface area contributed by atoms with Crippen LogP contribution in [0.15, 0.2) is 23.0 Å². The Morgan fingerprint density at radius 2 is 1.87 bits per heavy atom. The summed E-state index contributed by atoms with van der Waals surface area (Å²) in [6.07, 6.45) is 2.88. The molecule has 0 radical (unpaired) electrons. The van der Waals surface area contributed by atoms with E-state index < -0.39 is 11.9 Å². The van der Waals surface area contributed by atoms with Gasteiger partial charge in [-0.1, -0.05) is 6.07 Å². The average Bonchev–Trinajstić information content (AvgIpc) is 2.92. The number of aryl methyl sites for hydroxylation is 1. The Labute approximate surface area is 222 Å². The lowest BCUT2D eigenvalue weighted by Crippen LogP contribution is -2.49. The molecule has 1 aromatic carbocycles. The van der Waals surface area contributed by atoms with E-state index in [1.807, 2.05) is 12.1 Å². The number of nitrogens with zero attached hydrogens (tertiary/aromatic N) is 4. The Kier molecular flexibility index (Phi) is 8.68. The molecular weight excluding hydrogens is 488 g/mol. The highest BCUT2D eigenvalue weighted by molar-refractivity contribution is 5.99. The number of rotatable bonds is 9. The number of hydrogen-bond donors (Lipinski definition) is 2. The Bertz CT molecular complexity index is 1200. The topological polar surface area (TPSA) is 118 Å². The molecule has 1 unspecified atom stereocenters. The van der Waals surface area contributed by atoms with Crippen LogP contribution in [0.3, 0.4) is 0 Å². The van der Waals surface area contributed by atoms with E-state index in [4.69, 9.17) is 9.47 Å². The quantitative estimate of drug-likeness (QED) is 0.363. The molecule has 5 rings (SSSR count). The van der Waals surface area contributed by atoms with Crippen LogP contribution in [0.4, 0.5) is 5.69 Å². The molecule has 1 atom stereocenters. The zero-order valence-corrected chi connectivity index (χ0v) is 22.1. The van der Waals surface area contributed by atoms with Crippen LogP contribution in [-0.2, 0) is 19.1 Å². The molecule has 3 saturated heterocycles. The van der Waals surface area contributed by atoms with Gasteiger partial charge in [-0.25, -0.2) is 4.98 Å². The van der Waals surface area contributed by atoms with Crippen molar-refractivity contribution in [1.82, 2.24) is 24.7 Å². The maximum Gasteiger partial charge on any atom is 0.264 e. The molecule has 2 aromatic rings. The van der Waals surface area contributed by atoms with E-state index in [2.05, 4.69) is 25.4 Å². The van der Waals surface area contributed by atoms with Gasteiger partial charge in [-0.3, -0.25) is 29.2 Å². The smallest absolute Gasteiger partial charge is 0.264 e. The molecule has 38 heavy (non-hydrogen) atoms. The number of ether oxygens (including phenoxy) is 2. The molecule has 0 saturated carbocycles. The van der Waals surface area contributed by atoms with Crippen LogP contribution in [0.5, 0.6) is 0 Å². The molecule has 2 amide bonds. The van der Waals surface area contributed by atoms with E-state index in [1.54, 1.807) is 13.0 Å². The van der Waals surface area contributed by atoms with Gasteiger partial charge in [0.15, 0.2) is 0 Å². The van der Waals surface area contributed by atoms with Crippen LogP contribution in [0.1, 0.15) is 37.5 Å². The fraction of sp³-hybridized carbons (Fsp3) is 0.630. The second-order valence-electron chi connectivity index (χ2n) is 10.3. The van der Waals surface area contributed by atoms with Crippen LogP contribution in [0.25, 0.3) is 10.9 Å². The predicted molar refractivity (Wildman–Crippen MR) is 143 cm³/mol. The van der Waals surface area contributed by atoms with E-state index in [1.165, 1.54) is 17.4 Å². The van der Waals surface area contributed by atoms with Crippen molar-refractivity contribution >= 4 is 28.4 Å². The van der Waals surface area contributed by atoms with Gasteiger partial charge in [-0.2, -0.15) is 0 Å². The molecule has 11 heteroatoms. The van der Waals surface area contributed by atoms with Crippen molar-refractivity contribution in [2.24, 2.45) is 0 Å². The molecular formula is C27H38N6O5. The van der Waals surface area contributed by atoms with Gasteiger partial charge < -0.3 is 19.7 Å². The highest BCUT2D eigenvalue weighted by Gasteiger charge is 2.31. The van der Waals surface area contributed by atoms with Crippen molar-refractivity contribution in [3.63, 3.8) is 0 Å². The first-order valence-corrected chi connectivity index (χ1v) is 13.7. The first-order valence-electron chi connectivity index (χ1n) is 13.7. The van der Waals surface area contributed by atoms with Gasteiger partial charge in [0.25, 0.3) is 5.56 Å². The Morgan fingerprint density at radius 1 is 1.08 bits per heavy atom. The zero-order chi connectivity index (χ0) is 26.5. The number of benzene rings is 1. The summed E-state index contributed by atoms with van der Waals surface area (Å²) in [5.74, 6) is -0.325. The number of likely N-dealkylation sites (tertiary alicyclic amines) is 1. The van der Waals surface area contributed by atoms with Crippen molar-refractivity contribution < 1.29 is 19.1 Å². The van der Waals surface area contributed by atoms with Crippen molar-refractivity contribution in [2.75, 3.05) is 71.0 Å². The lowest BCUT2D eigenvalue weighted by atomic mass is 10.0. The minimum absolute atomic E-state index is 0.198. The molecule has 206 valence electrons. The van der Waals surface area contributed by atoms with Crippen LogP contribution < -0.4 is 16.2 Å². The summed E-state index contributed by atoms with van der Waals surface area (Å²) < 4.78 is 12.8. The molecule has 3 fully saturated rings. The van der Waals surface area contributed by atoms with Crippen molar-refractivity contribution in [3.05, 3.63) is 34.4 Å². The highest BCUT2D eigenvalue weighted by Crippen LogP contribution is 2.23. The number of imide groups is 1. The molecule has 0 bridgehead atoms. The zero-order valence-electron chi connectivity index (χ0n) is 22.1. The summed E-state index contributed by atoms with van der Waals surface area (Å²) in [5, 5.41) is 6.08. The number of fused-ring (bicyclic) bond motifs is 1. The SMILES string of the molecule is Cc1nc2cccc(NCCOCCN3CCC(N4CCOCC4)CC3)c2c(=O)n1C1CCC(=O)NC1=O.